The fourth-order valence-corrected chi connectivity index (χ4v) is 3.26. The Balaban J connectivity index is 1.45. The van der Waals surface area contributed by atoms with Crippen LogP contribution in [0.5, 0.6) is 11.5 Å². The Kier molecular flexibility index (Phi) is 8.25. The van der Waals surface area contributed by atoms with Crippen LogP contribution in [0.25, 0.3) is 0 Å². The van der Waals surface area contributed by atoms with Gasteiger partial charge < -0.3 is 20.1 Å². The average molecular weight is 475 g/mol. The third-order valence-corrected chi connectivity index (χ3v) is 5.28. The Morgan fingerprint density at radius 1 is 0.714 bits per heavy atom. The first-order valence-electron chi connectivity index (χ1n) is 11.2. The van der Waals surface area contributed by atoms with Crippen LogP contribution in [0.3, 0.4) is 0 Å². The highest BCUT2D eigenvalue weighted by Crippen LogP contribution is 2.24. The van der Waals surface area contributed by atoms with Gasteiger partial charge in [-0.3, -0.25) is 14.4 Å². The lowest BCUT2D eigenvalue weighted by molar-refractivity contribution is -0.118. The first kappa shape index (κ1) is 25.5. The van der Waals surface area contributed by atoms with Crippen LogP contribution >= 0.6 is 0 Å². The molecular weight excluding hydrogens is 444 g/mol. The van der Waals surface area contributed by atoms with Crippen molar-refractivity contribution in [2.45, 2.75) is 32.6 Å². The fourth-order valence-electron chi connectivity index (χ4n) is 3.26. The van der Waals surface area contributed by atoms with Crippen LogP contribution in [0.2, 0.25) is 0 Å². The molecule has 0 heterocycles. The molecule has 3 aromatic rings. The van der Waals surface area contributed by atoms with Crippen molar-refractivity contribution in [2.75, 3.05) is 24.4 Å². The van der Waals surface area contributed by atoms with Gasteiger partial charge in [0.25, 0.3) is 5.91 Å². The summed E-state index contributed by atoms with van der Waals surface area (Å²) in [5.74, 6) is 0.247. The Hall–Kier alpha value is -4.13. The van der Waals surface area contributed by atoms with Gasteiger partial charge in [-0.05, 0) is 71.6 Å². The average Bonchev–Trinajstić information content (AvgIpc) is 2.83. The fraction of sp³-hybridized carbons (Fsp3) is 0.250. The second-order valence-electron chi connectivity index (χ2n) is 9.07. The summed E-state index contributed by atoms with van der Waals surface area (Å²) in [4.78, 5) is 36.7. The largest absolute Gasteiger partial charge is 0.497 e. The van der Waals surface area contributed by atoms with E-state index in [0.29, 0.717) is 28.4 Å². The van der Waals surface area contributed by atoms with E-state index < -0.39 is 5.91 Å². The molecule has 0 unspecified atom stereocenters. The number of ketones is 1. The molecule has 7 nitrogen and oxygen atoms in total. The Bertz CT molecular complexity index is 1160. The van der Waals surface area contributed by atoms with E-state index in [1.165, 1.54) is 5.56 Å². The molecule has 0 atom stereocenters. The zero-order chi connectivity index (χ0) is 25.4. The van der Waals surface area contributed by atoms with E-state index in [1.54, 1.807) is 55.6 Å². The summed E-state index contributed by atoms with van der Waals surface area (Å²) >= 11 is 0. The number of ether oxygens (including phenoxy) is 2. The number of carbonyl (C=O) groups excluding carboxylic acids is 3. The highest BCUT2D eigenvalue weighted by molar-refractivity contribution is 6.11. The van der Waals surface area contributed by atoms with E-state index >= 15 is 0 Å². The van der Waals surface area contributed by atoms with E-state index in [0.717, 1.165) is 0 Å². The molecule has 2 N–H and O–H groups in total. The van der Waals surface area contributed by atoms with Gasteiger partial charge in [0.05, 0.1) is 13.5 Å². The van der Waals surface area contributed by atoms with Crippen LogP contribution in [0, 0.1) is 0 Å². The standard InChI is InChI=1S/C28H30N2O5/c1-28(2,3)20-7-15-24(16-8-20)35-18-27(33)30-22-11-9-21(10-12-22)29-26(32)17-25(31)19-5-13-23(34-4)14-6-19/h5-16H,17-18H2,1-4H3,(H,29,32)(H,30,33). The predicted octanol–water partition coefficient (Wildman–Crippen LogP) is 5.22. The summed E-state index contributed by atoms with van der Waals surface area (Å²) in [5, 5.41) is 5.44. The molecule has 182 valence electrons. The molecule has 0 bridgehead atoms. The molecule has 3 aromatic carbocycles. The Morgan fingerprint density at radius 3 is 1.74 bits per heavy atom. The zero-order valence-corrected chi connectivity index (χ0v) is 20.4. The second kappa shape index (κ2) is 11.3. The van der Waals surface area contributed by atoms with Crippen molar-refractivity contribution in [3.63, 3.8) is 0 Å². The van der Waals surface area contributed by atoms with Crippen molar-refractivity contribution in [2.24, 2.45) is 0 Å². The summed E-state index contributed by atoms with van der Waals surface area (Å²) < 4.78 is 10.6. The molecule has 0 aliphatic rings. The highest BCUT2D eigenvalue weighted by Gasteiger charge is 2.14. The normalized spacial score (nSPS) is 10.9. The smallest absolute Gasteiger partial charge is 0.262 e. The predicted molar refractivity (Wildman–Crippen MR) is 136 cm³/mol. The third kappa shape index (κ3) is 7.71. The molecule has 7 heteroatoms. The molecule has 0 saturated heterocycles. The van der Waals surface area contributed by atoms with E-state index in [4.69, 9.17) is 9.47 Å². The molecule has 2 amide bonds. The highest BCUT2D eigenvalue weighted by atomic mass is 16.5. The van der Waals surface area contributed by atoms with Crippen molar-refractivity contribution in [3.05, 3.63) is 83.9 Å². The van der Waals surface area contributed by atoms with Crippen molar-refractivity contribution in [1.29, 1.82) is 0 Å². The minimum Gasteiger partial charge on any atom is -0.497 e. The number of hydrogen-bond acceptors (Lipinski definition) is 5. The van der Waals surface area contributed by atoms with E-state index in [-0.39, 0.29) is 30.1 Å². The van der Waals surface area contributed by atoms with E-state index in [2.05, 4.69) is 31.4 Å². The van der Waals surface area contributed by atoms with Crippen molar-refractivity contribution in [1.82, 2.24) is 0 Å². The van der Waals surface area contributed by atoms with Crippen molar-refractivity contribution < 1.29 is 23.9 Å². The maximum absolute atomic E-state index is 12.3. The summed E-state index contributed by atoms with van der Waals surface area (Å²) in [6.45, 7) is 6.28. The number of rotatable bonds is 9. The first-order valence-corrected chi connectivity index (χ1v) is 11.2. The minimum absolute atomic E-state index is 0.0492. The monoisotopic (exact) mass is 474 g/mol. The molecular formula is C28H30N2O5. The molecule has 35 heavy (non-hydrogen) atoms. The van der Waals surface area contributed by atoms with Crippen molar-refractivity contribution in [3.8, 4) is 11.5 Å². The number of nitrogens with one attached hydrogen (secondary N) is 2. The SMILES string of the molecule is COc1ccc(C(=O)CC(=O)Nc2ccc(NC(=O)COc3ccc(C(C)(C)C)cc3)cc2)cc1. The molecule has 0 radical (unpaired) electrons. The summed E-state index contributed by atoms with van der Waals surface area (Å²) in [6, 6.07) is 20.9. The number of anilines is 2. The van der Waals surface area contributed by atoms with E-state index in [1.807, 2.05) is 24.3 Å². The van der Waals surface area contributed by atoms with Gasteiger partial charge in [0, 0.05) is 16.9 Å². The summed E-state index contributed by atoms with van der Waals surface area (Å²) in [7, 11) is 1.54. The van der Waals surface area contributed by atoms with Gasteiger partial charge in [-0.15, -0.1) is 0 Å². The van der Waals surface area contributed by atoms with Gasteiger partial charge >= 0.3 is 0 Å². The van der Waals surface area contributed by atoms with Gasteiger partial charge in [-0.25, -0.2) is 0 Å². The molecule has 0 aliphatic heterocycles. The van der Waals surface area contributed by atoms with Crippen LogP contribution in [-0.4, -0.2) is 31.3 Å². The van der Waals surface area contributed by atoms with E-state index in [9.17, 15) is 14.4 Å². The maximum Gasteiger partial charge on any atom is 0.262 e. The lowest BCUT2D eigenvalue weighted by atomic mass is 9.87. The molecule has 3 rings (SSSR count). The quantitative estimate of drug-likeness (QED) is 0.328. The second-order valence-corrected chi connectivity index (χ2v) is 9.07. The van der Waals surface area contributed by atoms with Gasteiger partial charge in [0.15, 0.2) is 12.4 Å². The number of methoxy groups -OCH3 is 1. The number of amides is 2. The summed E-state index contributed by atoms with van der Waals surface area (Å²) in [5.41, 5.74) is 2.76. The lowest BCUT2D eigenvalue weighted by Crippen LogP contribution is -2.20. The van der Waals surface area contributed by atoms with Crippen LogP contribution < -0.4 is 20.1 Å². The van der Waals surface area contributed by atoms with Crippen LogP contribution in [0.4, 0.5) is 11.4 Å². The summed E-state index contributed by atoms with van der Waals surface area (Å²) in [6.07, 6.45) is -0.279. The number of Topliss-reactive ketones (excluding diaryl/α,β-unsaturated/α-hetero) is 1. The third-order valence-electron chi connectivity index (χ3n) is 5.28. The van der Waals surface area contributed by atoms with Gasteiger partial charge in [0.2, 0.25) is 5.91 Å². The maximum atomic E-state index is 12.3. The number of benzene rings is 3. The van der Waals surface area contributed by atoms with Gasteiger partial charge in [-0.2, -0.15) is 0 Å². The molecule has 0 aromatic heterocycles. The molecule has 0 spiro atoms. The zero-order valence-electron chi connectivity index (χ0n) is 20.4. The molecule has 0 saturated carbocycles. The number of carbonyl (C=O) groups is 3. The van der Waals surface area contributed by atoms with Crippen LogP contribution in [-0.2, 0) is 15.0 Å². The lowest BCUT2D eigenvalue weighted by Gasteiger charge is -2.19. The number of hydrogen-bond donors (Lipinski definition) is 2. The Morgan fingerprint density at radius 2 is 1.23 bits per heavy atom. The van der Waals surface area contributed by atoms with Crippen LogP contribution in [0.1, 0.15) is 43.1 Å². The van der Waals surface area contributed by atoms with Crippen LogP contribution in [0.15, 0.2) is 72.8 Å². The minimum atomic E-state index is -0.423. The van der Waals surface area contributed by atoms with Gasteiger partial charge in [0.1, 0.15) is 11.5 Å². The topological polar surface area (TPSA) is 93.7 Å². The molecule has 0 fully saturated rings. The first-order chi connectivity index (χ1) is 16.6. The van der Waals surface area contributed by atoms with Gasteiger partial charge in [-0.1, -0.05) is 32.9 Å². The molecule has 0 aliphatic carbocycles. The Labute approximate surface area is 205 Å². The van der Waals surface area contributed by atoms with Crippen molar-refractivity contribution >= 4 is 29.0 Å².